The van der Waals surface area contributed by atoms with E-state index in [9.17, 15) is 4.39 Å². The molecule has 0 radical (unpaired) electrons. The van der Waals surface area contributed by atoms with Crippen molar-refractivity contribution in [1.82, 2.24) is 10.1 Å². The Bertz CT molecular complexity index is 636. The quantitative estimate of drug-likeness (QED) is 0.850. The largest absolute Gasteiger partial charge is 0.334 e. The van der Waals surface area contributed by atoms with Gasteiger partial charge in [-0.2, -0.15) is 4.98 Å². The highest BCUT2D eigenvalue weighted by Gasteiger charge is 2.33. The van der Waals surface area contributed by atoms with Crippen LogP contribution in [0.3, 0.4) is 0 Å². The van der Waals surface area contributed by atoms with Crippen molar-refractivity contribution < 1.29 is 8.91 Å². The Hall–Kier alpha value is -1.46. The maximum Gasteiger partial charge on any atom is 0.258 e. The van der Waals surface area contributed by atoms with Gasteiger partial charge in [0.25, 0.3) is 5.89 Å². The van der Waals surface area contributed by atoms with Gasteiger partial charge in [-0.25, -0.2) is 4.39 Å². The molecule has 0 aliphatic heterocycles. The van der Waals surface area contributed by atoms with Crippen LogP contribution in [-0.2, 0) is 5.54 Å². The van der Waals surface area contributed by atoms with Gasteiger partial charge in [0.05, 0.1) is 10.6 Å². The molecule has 1 saturated carbocycles. The lowest BCUT2D eigenvalue weighted by atomic mass is 9.91. The summed E-state index contributed by atoms with van der Waals surface area (Å²) in [5.41, 5.74) is 6.41. The van der Waals surface area contributed by atoms with Crippen LogP contribution in [0.5, 0.6) is 0 Å². The second-order valence-electron chi connectivity index (χ2n) is 5.62. The first kappa shape index (κ1) is 14.5. The van der Waals surface area contributed by atoms with Gasteiger partial charge in [-0.15, -0.1) is 0 Å². The Kier molecular flexibility index (Phi) is 3.95. The van der Waals surface area contributed by atoms with Crippen LogP contribution < -0.4 is 5.73 Å². The summed E-state index contributed by atoms with van der Waals surface area (Å²) >= 11 is 5.67. The van der Waals surface area contributed by atoms with Crippen LogP contribution in [-0.4, -0.2) is 10.1 Å². The Morgan fingerprint density at radius 1 is 1.19 bits per heavy atom. The molecule has 1 aromatic carbocycles. The molecule has 1 aromatic heterocycles. The van der Waals surface area contributed by atoms with Crippen LogP contribution in [0.25, 0.3) is 11.5 Å². The van der Waals surface area contributed by atoms with Crippen molar-refractivity contribution in [2.45, 2.75) is 44.1 Å². The zero-order chi connectivity index (χ0) is 14.9. The first-order valence-corrected chi connectivity index (χ1v) is 7.55. The average Bonchev–Trinajstić information content (AvgIpc) is 2.86. The molecule has 0 bridgehead atoms. The lowest BCUT2D eigenvalue weighted by molar-refractivity contribution is 0.334. The number of halogens is 2. The van der Waals surface area contributed by atoms with Crippen LogP contribution in [0.1, 0.15) is 44.3 Å². The van der Waals surface area contributed by atoms with Crippen molar-refractivity contribution in [1.29, 1.82) is 0 Å². The van der Waals surface area contributed by atoms with Crippen LogP contribution in [0.2, 0.25) is 5.02 Å². The van der Waals surface area contributed by atoms with E-state index >= 15 is 0 Å². The molecule has 3 rings (SSSR count). The van der Waals surface area contributed by atoms with Crippen LogP contribution >= 0.6 is 11.6 Å². The maximum absolute atomic E-state index is 13.5. The molecule has 1 aliphatic rings. The van der Waals surface area contributed by atoms with Crippen molar-refractivity contribution in [3.63, 3.8) is 0 Å². The highest BCUT2D eigenvalue weighted by Crippen LogP contribution is 2.33. The van der Waals surface area contributed by atoms with Gasteiger partial charge < -0.3 is 10.3 Å². The van der Waals surface area contributed by atoms with Crippen molar-refractivity contribution in [2.75, 3.05) is 0 Å². The minimum absolute atomic E-state index is 0.0672. The summed E-state index contributed by atoms with van der Waals surface area (Å²) in [7, 11) is 0. The first-order chi connectivity index (χ1) is 10.1. The highest BCUT2D eigenvalue weighted by atomic mass is 35.5. The third-order valence-corrected chi connectivity index (χ3v) is 4.34. The number of hydrogen-bond donors (Lipinski definition) is 1. The molecule has 0 saturated heterocycles. The monoisotopic (exact) mass is 309 g/mol. The lowest BCUT2D eigenvalue weighted by Gasteiger charge is -2.23. The number of nitrogens with two attached hydrogens (primary N) is 1. The minimum atomic E-state index is -0.538. The summed E-state index contributed by atoms with van der Waals surface area (Å²) in [6.07, 6.45) is 6.20. The Labute approximate surface area is 127 Å². The van der Waals surface area contributed by atoms with Gasteiger partial charge in [0.2, 0.25) is 0 Å². The predicted octanol–water partition coefficient (Wildman–Crippen LogP) is 4.04. The summed E-state index contributed by atoms with van der Waals surface area (Å²) in [6, 6.07) is 4.41. The molecule has 0 atom stereocenters. The second-order valence-corrected chi connectivity index (χ2v) is 6.03. The molecule has 0 spiro atoms. The summed E-state index contributed by atoms with van der Waals surface area (Å²) in [5.74, 6) is 0.273. The third-order valence-electron chi connectivity index (χ3n) is 4.03. The SMILES string of the molecule is NC1(c2noc(-c3ccc(Cl)c(F)c3)n2)CCCCCC1. The van der Waals surface area contributed by atoms with Crippen molar-refractivity contribution in [3.8, 4) is 11.5 Å². The molecule has 0 unspecified atom stereocenters. The van der Waals surface area contributed by atoms with E-state index < -0.39 is 11.4 Å². The average molecular weight is 310 g/mol. The van der Waals surface area contributed by atoms with Gasteiger partial charge >= 0.3 is 0 Å². The molecule has 1 fully saturated rings. The standard InChI is InChI=1S/C15H17ClFN3O/c16-11-6-5-10(9-12(11)17)13-19-14(20-21-13)15(18)7-3-1-2-4-8-15/h5-6,9H,1-4,7-8,18H2. The zero-order valence-electron chi connectivity index (χ0n) is 11.6. The summed E-state index contributed by atoms with van der Waals surface area (Å²) in [5, 5.41) is 4.08. The summed E-state index contributed by atoms with van der Waals surface area (Å²) in [4.78, 5) is 4.38. The molecule has 2 N–H and O–H groups in total. The summed E-state index contributed by atoms with van der Waals surface area (Å²) < 4.78 is 18.8. The first-order valence-electron chi connectivity index (χ1n) is 7.17. The molecule has 1 heterocycles. The van der Waals surface area contributed by atoms with Gasteiger partial charge in [0, 0.05) is 5.56 Å². The van der Waals surface area contributed by atoms with Crippen molar-refractivity contribution in [2.24, 2.45) is 5.73 Å². The fourth-order valence-corrected chi connectivity index (χ4v) is 2.87. The van der Waals surface area contributed by atoms with Crippen LogP contribution in [0.15, 0.2) is 22.7 Å². The molecular weight excluding hydrogens is 293 g/mol. The highest BCUT2D eigenvalue weighted by molar-refractivity contribution is 6.30. The van der Waals surface area contributed by atoms with E-state index in [4.69, 9.17) is 21.9 Å². The molecule has 0 amide bonds. The van der Waals surface area contributed by atoms with Crippen molar-refractivity contribution >= 4 is 11.6 Å². The van der Waals surface area contributed by atoms with Gasteiger partial charge in [-0.3, -0.25) is 0 Å². The molecule has 6 heteroatoms. The molecule has 112 valence electrons. The molecule has 2 aromatic rings. The fourth-order valence-electron chi connectivity index (χ4n) is 2.76. The lowest BCUT2D eigenvalue weighted by Crippen LogP contribution is -2.37. The number of aromatic nitrogens is 2. The number of benzene rings is 1. The number of hydrogen-bond acceptors (Lipinski definition) is 4. The Morgan fingerprint density at radius 2 is 1.90 bits per heavy atom. The van der Waals surface area contributed by atoms with E-state index in [0.717, 1.165) is 25.7 Å². The topological polar surface area (TPSA) is 64.9 Å². The Morgan fingerprint density at radius 3 is 2.57 bits per heavy atom. The second kappa shape index (κ2) is 5.73. The number of rotatable bonds is 2. The van der Waals surface area contributed by atoms with Crippen molar-refractivity contribution in [3.05, 3.63) is 34.9 Å². The van der Waals surface area contributed by atoms with Gasteiger partial charge in [0.1, 0.15) is 5.82 Å². The molecule has 4 nitrogen and oxygen atoms in total. The number of nitrogens with zero attached hydrogens (tertiary/aromatic N) is 2. The van der Waals surface area contributed by atoms with E-state index in [0.29, 0.717) is 11.4 Å². The van der Waals surface area contributed by atoms with E-state index in [1.807, 2.05) is 0 Å². The van der Waals surface area contributed by atoms with E-state index in [-0.39, 0.29) is 10.9 Å². The van der Waals surface area contributed by atoms with Gasteiger partial charge in [-0.1, -0.05) is 42.4 Å². The van der Waals surface area contributed by atoms with E-state index in [1.165, 1.54) is 25.0 Å². The smallest absolute Gasteiger partial charge is 0.258 e. The zero-order valence-corrected chi connectivity index (χ0v) is 12.4. The minimum Gasteiger partial charge on any atom is -0.334 e. The normalized spacial score (nSPS) is 18.4. The molecular formula is C15H17ClFN3O. The third kappa shape index (κ3) is 2.94. The summed E-state index contributed by atoms with van der Waals surface area (Å²) in [6.45, 7) is 0. The predicted molar refractivity (Wildman–Crippen MR) is 78.3 cm³/mol. The fraction of sp³-hybridized carbons (Fsp3) is 0.467. The molecule has 21 heavy (non-hydrogen) atoms. The van der Waals surface area contributed by atoms with E-state index in [2.05, 4.69) is 10.1 Å². The van der Waals surface area contributed by atoms with Crippen LogP contribution in [0.4, 0.5) is 4.39 Å². The van der Waals surface area contributed by atoms with Gasteiger partial charge in [0.15, 0.2) is 5.82 Å². The molecule has 1 aliphatic carbocycles. The maximum atomic E-state index is 13.5. The van der Waals surface area contributed by atoms with Crippen LogP contribution in [0, 0.1) is 5.82 Å². The van der Waals surface area contributed by atoms with E-state index in [1.54, 1.807) is 6.07 Å². The van der Waals surface area contributed by atoms with Gasteiger partial charge in [-0.05, 0) is 31.0 Å². The Balaban J connectivity index is 1.90.